The highest BCUT2D eigenvalue weighted by atomic mass is 16.4. The van der Waals surface area contributed by atoms with Gasteiger partial charge in [0.25, 0.3) is 0 Å². The van der Waals surface area contributed by atoms with Gasteiger partial charge in [-0.3, -0.25) is 9.59 Å². The van der Waals surface area contributed by atoms with E-state index in [0.29, 0.717) is 13.1 Å². The van der Waals surface area contributed by atoms with Crippen molar-refractivity contribution in [2.45, 2.75) is 38.3 Å². The number of nitrogens with zero attached hydrogens (tertiary/aromatic N) is 1. The molecule has 0 aliphatic carbocycles. The van der Waals surface area contributed by atoms with Gasteiger partial charge in [0.2, 0.25) is 11.8 Å². The zero-order valence-electron chi connectivity index (χ0n) is 11.8. The first-order valence-electron chi connectivity index (χ1n) is 6.68. The zero-order chi connectivity index (χ0) is 16.0. The molecule has 9 heteroatoms. The number of amides is 4. The van der Waals surface area contributed by atoms with Crippen molar-refractivity contribution in [2.75, 3.05) is 13.1 Å². The summed E-state index contributed by atoms with van der Waals surface area (Å²) in [7, 11) is 0. The van der Waals surface area contributed by atoms with E-state index in [9.17, 15) is 19.2 Å². The van der Waals surface area contributed by atoms with E-state index in [0.717, 1.165) is 12.8 Å². The summed E-state index contributed by atoms with van der Waals surface area (Å²) >= 11 is 0. The molecule has 1 aliphatic rings. The highest BCUT2D eigenvalue weighted by Gasteiger charge is 2.26. The van der Waals surface area contributed by atoms with Crippen LogP contribution in [0.1, 0.15) is 26.2 Å². The normalized spacial score (nSPS) is 16.9. The topological polar surface area (TPSA) is 142 Å². The van der Waals surface area contributed by atoms with Gasteiger partial charge in [0, 0.05) is 13.1 Å². The van der Waals surface area contributed by atoms with Gasteiger partial charge in [0.1, 0.15) is 12.1 Å². The number of aliphatic carboxylic acids is 1. The largest absolute Gasteiger partial charge is 0.480 e. The second-order valence-electron chi connectivity index (χ2n) is 4.93. The van der Waals surface area contributed by atoms with Crippen LogP contribution >= 0.6 is 0 Å². The number of carbonyl (C=O) groups excluding carboxylic acids is 3. The second kappa shape index (κ2) is 7.46. The van der Waals surface area contributed by atoms with Crippen LogP contribution in [0.5, 0.6) is 0 Å². The molecule has 0 aromatic heterocycles. The van der Waals surface area contributed by atoms with Crippen LogP contribution in [0.3, 0.4) is 0 Å². The standard InChI is InChI=1S/C12H20N4O5/c1-7(10(18)16-4-2-3-5-16)14-12(21)15-8(11(19)20)6-9(13)17/h7-8H,2-6H2,1H3,(H2,13,17)(H,19,20)(H2,14,15,21). The molecule has 2 unspecified atom stereocenters. The van der Waals surface area contributed by atoms with E-state index in [1.807, 2.05) is 0 Å². The maximum Gasteiger partial charge on any atom is 0.326 e. The number of rotatable bonds is 6. The third-order valence-corrected chi connectivity index (χ3v) is 3.14. The fraction of sp³-hybridized carbons (Fsp3) is 0.667. The fourth-order valence-corrected chi connectivity index (χ4v) is 2.07. The van der Waals surface area contributed by atoms with Crippen LogP contribution in [0.15, 0.2) is 0 Å². The van der Waals surface area contributed by atoms with Crippen molar-refractivity contribution < 1.29 is 24.3 Å². The summed E-state index contributed by atoms with van der Waals surface area (Å²) in [6.07, 6.45) is 1.35. The number of nitrogens with one attached hydrogen (secondary N) is 2. The van der Waals surface area contributed by atoms with E-state index in [1.54, 1.807) is 4.90 Å². The molecule has 118 valence electrons. The second-order valence-corrected chi connectivity index (χ2v) is 4.93. The minimum absolute atomic E-state index is 0.218. The summed E-state index contributed by atoms with van der Waals surface area (Å²) < 4.78 is 0. The Bertz CT molecular complexity index is 433. The van der Waals surface area contributed by atoms with Crippen molar-refractivity contribution in [3.05, 3.63) is 0 Å². The first-order valence-corrected chi connectivity index (χ1v) is 6.68. The molecule has 0 radical (unpaired) electrons. The monoisotopic (exact) mass is 300 g/mol. The zero-order valence-corrected chi connectivity index (χ0v) is 11.8. The summed E-state index contributed by atoms with van der Waals surface area (Å²) in [4.78, 5) is 46.9. The lowest BCUT2D eigenvalue weighted by Gasteiger charge is -2.22. The van der Waals surface area contributed by atoms with Crippen LogP contribution in [0, 0.1) is 0 Å². The predicted molar refractivity (Wildman–Crippen MR) is 72.2 cm³/mol. The van der Waals surface area contributed by atoms with E-state index < -0.39 is 36.4 Å². The Hall–Kier alpha value is -2.32. The van der Waals surface area contributed by atoms with Gasteiger partial charge < -0.3 is 26.4 Å². The van der Waals surface area contributed by atoms with Crippen molar-refractivity contribution in [3.8, 4) is 0 Å². The lowest BCUT2D eigenvalue weighted by atomic mass is 10.2. The molecule has 9 nitrogen and oxygen atoms in total. The molecule has 2 atom stereocenters. The minimum Gasteiger partial charge on any atom is -0.480 e. The quantitative estimate of drug-likeness (QED) is 0.478. The number of nitrogens with two attached hydrogens (primary N) is 1. The molecule has 5 N–H and O–H groups in total. The maximum atomic E-state index is 12.0. The predicted octanol–water partition coefficient (Wildman–Crippen LogP) is -1.37. The summed E-state index contributed by atoms with van der Waals surface area (Å²) in [5.41, 5.74) is 4.90. The smallest absolute Gasteiger partial charge is 0.326 e. The molecule has 1 rings (SSSR count). The third kappa shape index (κ3) is 5.28. The average molecular weight is 300 g/mol. The highest BCUT2D eigenvalue weighted by molar-refractivity contribution is 5.90. The van der Waals surface area contributed by atoms with Gasteiger partial charge in [-0.15, -0.1) is 0 Å². The number of carboxylic acid groups (broad SMARTS) is 1. The number of primary amides is 1. The summed E-state index contributed by atoms with van der Waals surface area (Å²) in [5, 5.41) is 13.3. The molecular weight excluding hydrogens is 280 g/mol. The molecule has 21 heavy (non-hydrogen) atoms. The van der Waals surface area contributed by atoms with Crippen molar-refractivity contribution in [2.24, 2.45) is 5.73 Å². The van der Waals surface area contributed by atoms with Crippen molar-refractivity contribution >= 4 is 23.8 Å². The molecule has 0 bridgehead atoms. The van der Waals surface area contributed by atoms with E-state index >= 15 is 0 Å². The Morgan fingerprint density at radius 2 is 1.76 bits per heavy atom. The summed E-state index contributed by atoms with van der Waals surface area (Å²) in [5.74, 6) is -2.43. The van der Waals surface area contributed by atoms with Gasteiger partial charge in [-0.25, -0.2) is 9.59 Å². The van der Waals surface area contributed by atoms with Gasteiger partial charge in [0.15, 0.2) is 0 Å². The first-order chi connectivity index (χ1) is 9.81. The maximum absolute atomic E-state index is 12.0. The number of hydrogen-bond donors (Lipinski definition) is 4. The summed E-state index contributed by atoms with van der Waals surface area (Å²) in [6.45, 7) is 2.84. The van der Waals surface area contributed by atoms with Gasteiger partial charge >= 0.3 is 12.0 Å². The molecule has 0 aromatic carbocycles. The van der Waals surface area contributed by atoms with Gasteiger partial charge in [-0.05, 0) is 19.8 Å². The molecule has 1 aliphatic heterocycles. The Morgan fingerprint density at radius 1 is 1.19 bits per heavy atom. The van der Waals surface area contributed by atoms with E-state index in [1.165, 1.54) is 6.92 Å². The van der Waals surface area contributed by atoms with E-state index in [4.69, 9.17) is 10.8 Å². The number of likely N-dealkylation sites (tertiary alicyclic amines) is 1. The molecule has 1 saturated heterocycles. The lowest BCUT2D eigenvalue weighted by molar-refractivity contribution is -0.140. The summed E-state index contributed by atoms with van der Waals surface area (Å²) in [6, 6.07) is -3.02. The molecular formula is C12H20N4O5. The Balaban J connectivity index is 2.48. The van der Waals surface area contributed by atoms with Crippen molar-refractivity contribution in [3.63, 3.8) is 0 Å². The SMILES string of the molecule is CC(NC(=O)NC(CC(N)=O)C(=O)O)C(=O)N1CCCC1. The van der Waals surface area contributed by atoms with Crippen molar-refractivity contribution in [1.29, 1.82) is 0 Å². The average Bonchev–Trinajstić information content (AvgIpc) is 2.89. The number of carbonyl (C=O) groups is 4. The Kier molecular flexibility index (Phi) is 5.94. The number of hydrogen-bond acceptors (Lipinski definition) is 4. The van der Waals surface area contributed by atoms with Crippen molar-refractivity contribution in [1.82, 2.24) is 15.5 Å². The van der Waals surface area contributed by atoms with Crippen LogP contribution in [-0.4, -0.2) is 59.0 Å². The molecule has 1 heterocycles. The van der Waals surface area contributed by atoms with E-state index in [-0.39, 0.29) is 5.91 Å². The Morgan fingerprint density at radius 3 is 2.24 bits per heavy atom. The van der Waals surface area contributed by atoms with Crippen LogP contribution < -0.4 is 16.4 Å². The van der Waals surface area contributed by atoms with Gasteiger partial charge in [-0.1, -0.05) is 0 Å². The molecule has 0 spiro atoms. The Labute approximate surface area is 121 Å². The molecule has 0 aromatic rings. The minimum atomic E-state index is -1.42. The van der Waals surface area contributed by atoms with Crippen LogP contribution in [0.4, 0.5) is 4.79 Å². The van der Waals surface area contributed by atoms with E-state index in [2.05, 4.69) is 10.6 Å². The lowest BCUT2D eigenvalue weighted by Crippen LogP contribution is -2.53. The number of urea groups is 1. The third-order valence-electron chi connectivity index (χ3n) is 3.14. The first kappa shape index (κ1) is 16.7. The van der Waals surface area contributed by atoms with Gasteiger partial charge in [-0.2, -0.15) is 0 Å². The highest BCUT2D eigenvalue weighted by Crippen LogP contribution is 2.08. The van der Waals surface area contributed by atoms with Crippen LogP contribution in [0.2, 0.25) is 0 Å². The molecule has 1 fully saturated rings. The van der Waals surface area contributed by atoms with Gasteiger partial charge in [0.05, 0.1) is 6.42 Å². The number of carboxylic acids is 1. The molecule has 4 amide bonds. The van der Waals surface area contributed by atoms with Crippen LogP contribution in [-0.2, 0) is 14.4 Å². The molecule has 0 saturated carbocycles. The fourth-order valence-electron chi connectivity index (χ4n) is 2.07. The van der Waals surface area contributed by atoms with Crippen LogP contribution in [0.25, 0.3) is 0 Å².